The smallest absolute Gasteiger partial charge is 0.390 e. The minimum Gasteiger partial charge on any atom is -0.393 e. The van der Waals surface area contributed by atoms with Crippen molar-refractivity contribution in [3.63, 3.8) is 0 Å². The highest BCUT2D eigenvalue weighted by Gasteiger charge is 2.33. The minimum absolute atomic E-state index is 0.258. The van der Waals surface area contributed by atoms with Crippen molar-refractivity contribution in [2.45, 2.75) is 50.4 Å². The molecule has 0 bridgehead atoms. The Bertz CT molecular complexity index is 421. The van der Waals surface area contributed by atoms with Crippen LogP contribution in [0.4, 0.5) is 13.2 Å². The van der Waals surface area contributed by atoms with E-state index in [1.165, 1.54) is 0 Å². The molecule has 0 spiro atoms. The molecule has 3 atom stereocenters. The van der Waals surface area contributed by atoms with Gasteiger partial charge >= 0.3 is 6.18 Å². The van der Waals surface area contributed by atoms with Crippen LogP contribution < -0.4 is 5.32 Å². The van der Waals surface area contributed by atoms with Crippen molar-refractivity contribution < 1.29 is 18.3 Å². The van der Waals surface area contributed by atoms with Gasteiger partial charge in [0.05, 0.1) is 12.5 Å². The first-order chi connectivity index (χ1) is 9.94. The highest BCUT2D eigenvalue weighted by Crippen LogP contribution is 2.30. The predicted octanol–water partition coefficient (Wildman–Crippen LogP) is 3.82. The lowest BCUT2D eigenvalue weighted by Gasteiger charge is -2.28. The number of aliphatic hydroxyl groups excluding tert-OH is 1. The fraction of sp³-hybridized carbons (Fsp3) is 0.625. The number of alkyl halides is 3. The summed E-state index contributed by atoms with van der Waals surface area (Å²) in [5.74, 6) is 0.258. The Morgan fingerprint density at radius 1 is 1.19 bits per heavy atom. The van der Waals surface area contributed by atoms with Gasteiger partial charge in [-0.1, -0.05) is 36.8 Å². The largest absolute Gasteiger partial charge is 0.393 e. The normalized spacial score (nSPS) is 24.8. The van der Waals surface area contributed by atoms with Gasteiger partial charge in [-0.2, -0.15) is 13.2 Å². The molecule has 0 radical (unpaired) electrons. The fourth-order valence-electron chi connectivity index (χ4n) is 2.98. The number of aliphatic hydroxyl groups is 1. The summed E-state index contributed by atoms with van der Waals surface area (Å²) in [6, 6.07) is 8.03. The predicted molar refractivity (Wildman–Crippen MR) is 75.8 cm³/mol. The van der Waals surface area contributed by atoms with Gasteiger partial charge in [-0.3, -0.25) is 0 Å². The summed E-state index contributed by atoms with van der Waals surface area (Å²) in [7, 11) is 0. The molecule has 3 unspecified atom stereocenters. The van der Waals surface area contributed by atoms with Crippen LogP contribution in [0.1, 0.15) is 43.7 Å². The van der Waals surface area contributed by atoms with E-state index in [1.807, 2.05) is 0 Å². The Hall–Kier alpha value is -1.07. The Morgan fingerprint density at radius 3 is 2.52 bits per heavy atom. The van der Waals surface area contributed by atoms with E-state index in [0.29, 0.717) is 18.5 Å². The van der Waals surface area contributed by atoms with Gasteiger partial charge in [0.1, 0.15) is 0 Å². The van der Waals surface area contributed by atoms with E-state index in [-0.39, 0.29) is 12.0 Å². The van der Waals surface area contributed by atoms with Gasteiger partial charge in [-0.25, -0.2) is 0 Å². The maximum Gasteiger partial charge on any atom is 0.390 e. The van der Waals surface area contributed by atoms with E-state index in [1.54, 1.807) is 30.3 Å². The van der Waals surface area contributed by atoms with Crippen molar-refractivity contribution in [3.05, 3.63) is 35.9 Å². The standard InChI is InChI=1S/C16H22F3NO/c17-16(18,19)10-15(13-6-2-1-3-7-13)20-11-12-5-4-8-14(21)9-12/h1-3,6-7,12,14-15,20-21H,4-5,8-11H2. The van der Waals surface area contributed by atoms with Crippen molar-refractivity contribution in [1.82, 2.24) is 5.32 Å². The first-order valence-electron chi connectivity index (χ1n) is 7.47. The molecule has 0 amide bonds. The van der Waals surface area contributed by atoms with Crippen LogP contribution in [0.15, 0.2) is 30.3 Å². The van der Waals surface area contributed by atoms with Crippen LogP contribution in [-0.4, -0.2) is 23.9 Å². The van der Waals surface area contributed by atoms with Crippen LogP contribution in [0.2, 0.25) is 0 Å². The number of halogens is 3. The van der Waals surface area contributed by atoms with E-state index < -0.39 is 18.6 Å². The number of hydrogen-bond donors (Lipinski definition) is 2. The highest BCUT2D eigenvalue weighted by molar-refractivity contribution is 5.19. The molecule has 0 aromatic heterocycles. The Labute approximate surface area is 123 Å². The van der Waals surface area contributed by atoms with E-state index >= 15 is 0 Å². The van der Waals surface area contributed by atoms with Crippen molar-refractivity contribution >= 4 is 0 Å². The molecule has 0 saturated heterocycles. The lowest BCUT2D eigenvalue weighted by atomic mass is 9.87. The molecule has 5 heteroatoms. The molecule has 1 aliphatic rings. The van der Waals surface area contributed by atoms with Crippen LogP contribution in [0.5, 0.6) is 0 Å². The van der Waals surface area contributed by atoms with Gasteiger partial charge in [0, 0.05) is 6.04 Å². The third-order valence-corrected chi connectivity index (χ3v) is 4.05. The van der Waals surface area contributed by atoms with Gasteiger partial charge in [0.2, 0.25) is 0 Å². The summed E-state index contributed by atoms with van der Waals surface area (Å²) in [6.45, 7) is 0.521. The summed E-state index contributed by atoms with van der Waals surface area (Å²) in [6.07, 6.45) is -1.96. The molecular weight excluding hydrogens is 279 g/mol. The summed E-state index contributed by atoms with van der Waals surface area (Å²) in [4.78, 5) is 0. The second kappa shape index (κ2) is 7.27. The monoisotopic (exact) mass is 301 g/mol. The molecule has 118 valence electrons. The van der Waals surface area contributed by atoms with E-state index in [4.69, 9.17) is 0 Å². The average molecular weight is 301 g/mol. The third-order valence-electron chi connectivity index (χ3n) is 4.05. The van der Waals surface area contributed by atoms with Gasteiger partial charge in [0.15, 0.2) is 0 Å². The Morgan fingerprint density at radius 2 is 1.90 bits per heavy atom. The summed E-state index contributed by atoms with van der Waals surface area (Å²) < 4.78 is 38.2. The fourth-order valence-corrected chi connectivity index (χ4v) is 2.98. The summed E-state index contributed by atoms with van der Waals surface area (Å²) in [5.41, 5.74) is 0.659. The molecule has 1 fully saturated rings. The van der Waals surface area contributed by atoms with E-state index in [0.717, 1.165) is 19.3 Å². The number of hydrogen-bond acceptors (Lipinski definition) is 2. The molecule has 1 aliphatic carbocycles. The van der Waals surface area contributed by atoms with Crippen LogP contribution in [0.3, 0.4) is 0 Å². The Balaban J connectivity index is 1.96. The second-order valence-electron chi connectivity index (χ2n) is 5.88. The molecule has 1 aromatic carbocycles. The first-order valence-corrected chi connectivity index (χ1v) is 7.47. The van der Waals surface area contributed by atoms with Gasteiger partial charge in [-0.15, -0.1) is 0 Å². The molecule has 2 nitrogen and oxygen atoms in total. The lowest BCUT2D eigenvalue weighted by molar-refractivity contribution is -0.140. The molecular formula is C16H22F3NO. The SMILES string of the molecule is OC1CCCC(CNC(CC(F)(F)F)c2ccccc2)C1. The number of rotatable bonds is 5. The van der Waals surface area contributed by atoms with Crippen LogP contribution >= 0.6 is 0 Å². The van der Waals surface area contributed by atoms with Crippen LogP contribution in [-0.2, 0) is 0 Å². The lowest BCUT2D eigenvalue weighted by Crippen LogP contribution is -2.33. The topological polar surface area (TPSA) is 32.3 Å². The van der Waals surface area contributed by atoms with Gasteiger partial charge in [0.25, 0.3) is 0 Å². The maximum absolute atomic E-state index is 12.7. The number of benzene rings is 1. The zero-order valence-electron chi connectivity index (χ0n) is 11.9. The molecule has 21 heavy (non-hydrogen) atoms. The van der Waals surface area contributed by atoms with Crippen LogP contribution in [0, 0.1) is 5.92 Å². The summed E-state index contributed by atoms with van der Waals surface area (Å²) >= 11 is 0. The van der Waals surface area contributed by atoms with Crippen LogP contribution in [0.25, 0.3) is 0 Å². The first kappa shape index (κ1) is 16.3. The quantitative estimate of drug-likeness (QED) is 0.866. The van der Waals surface area contributed by atoms with E-state index in [2.05, 4.69) is 5.32 Å². The zero-order valence-corrected chi connectivity index (χ0v) is 11.9. The van der Waals surface area contributed by atoms with Gasteiger partial charge in [-0.05, 0) is 37.3 Å². The summed E-state index contributed by atoms with van der Waals surface area (Å²) in [5, 5.41) is 12.7. The molecule has 2 rings (SSSR count). The Kier molecular flexibility index (Phi) is 5.65. The van der Waals surface area contributed by atoms with Crippen molar-refractivity contribution in [3.8, 4) is 0 Å². The third kappa shape index (κ3) is 5.67. The molecule has 0 heterocycles. The van der Waals surface area contributed by atoms with Crippen molar-refractivity contribution in [2.75, 3.05) is 6.54 Å². The minimum atomic E-state index is -4.19. The highest BCUT2D eigenvalue weighted by atomic mass is 19.4. The number of nitrogens with one attached hydrogen (secondary N) is 1. The molecule has 2 N–H and O–H groups in total. The van der Waals surface area contributed by atoms with E-state index in [9.17, 15) is 18.3 Å². The average Bonchev–Trinajstić information content (AvgIpc) is 2.43. The molecule has 1 aromatic rings. The molecule has 1 saturated carbocycles. The maximum atomic E-state index is 12.7. The van der Waals surface area contributed by atoms with Crippen molar-refractivity contribution in [2.24, 2.45) is 5.92 Å². The van der Waals surface area contributed by atoms with Gasteiger partial charge < -0.3 is 10.4 Å². The second-order valence-corrected chi connectivity index (χ2v) is 5.88. The zero-order chi connectivity index (χ0) is 15.3. The molecule has 0 aliphatic heterocycles. The van der Waals surface area contributed by atoms with Crippen molar-refractivity contribution in [1.29, 1.82) is 0 Å².